The van der Waals surface area contributed by atoms with Crippen molar-refractivity contribution in [1.29, 1.82) is 0 Å². The van der Waals surface area contributed by atoms with Crippen LogP contribution in [-0.2, 0) is 60.8 Å². The number of unbranched alkanes of at least 4 members (excludes halogenated alkanes) is 2. The summed E-state index contributed by atoms with van der Waals surface area (Å²) in [5, 5.41) is 0. The summed E-state index contributed by atoms with van der Waals surface area (Å²) in [4.78, 5) is 38.3. The first kappa shape index (κ1) is 49.7. The topological polar surface area (TPSA) is 144 Å². The monoisotopic (exact) mass is 838 g/mol. The standard InChI is InChI=1S/C47H66O13/c1-9-14-16-51-18-20-53-28-36-22-33(6)24-38(45(36)58-30-42(48)55-11-3)40-26-35(8)27-41(47(40)60-32-44(50)57-13-5)39-25-34(7)23-37(29-54-21-19-52-17-15-10-2)46(39)59-31-43(49)56-12-4/h22-27H,9-21,28-32H2,1-8H3. The zero-order chi connectivity index (χ0) is 43.7. The molecule has 0 unspecified atom stereocenters. The Hall–Kier alpha value is -4.69. The van der Waals surface area contributed by atoms with Crippen LogP contribution in [0.2, 0.25) is 0 Å². The van der Waals surface area contributed by atoms with Crippen LogP contribution in [0.4, 0.5) is 0 Å². The second kappa shape index (κ2) is 28.0. The van der Waals surface area contributed by atoms with Gasteiger partial charge in [0.25, 0.3) is 0 Å². The average Bonchev–Trinajstić information content (AvgIpc) is 3.21. The van der Waals surface area contributed by atoms with Crippen LogP contribution in [0.3, 0.4) is 0 Å². The fraction of sp³-hybridized carbons (Fsp3) is 0.553. The molecule has 0 aliphatic heterocycles. The molecule has 13 heteroatoms. The van der Waals surface area contributed by atoms with Crippen molar-refractivity contribution in [3.63, 3.8) is 0 Å². The number of rotatable bonds is 30. The molecule has 13 nitrogen and oxygen atoms in total. The highest BCUT2D eigenvalue weighted by atomic mass is 16.6. The third kappa shape index (κ3) is 16.8. The predicted octanol–water partition coefficient (Wildman–Crippen LogP) is 8.44. The number of hydrogen-bond donors (Lipinski definition) is 0. The molecule has 0 saturated heterocycles. The number of hydrogen-bond acceptors (Lipinski definition) is 13. The van der Waals surface area contributed by atoms with E-state index >= 15 is 0 Å². The van der Waals surface area contributed by atoms with Crippen molar-refractivity contribution in [2.45, 2.75) is 94.3 Å². The van der Waals surface area contributed by atoms with Gasteiger partial charge in [-0.2, -0.15) is 0 Å². The summed E-state index contributed by atoms with van der Waals surface area (Å²) < 4.78 is 58.4. The van der Waals surface area contributed by atoms with Gasteiger partial charge in [0.05, 0.1) is 59.5 Å². The molecule has 0 aromatic heterocycles. The maximum atomic E-state index is 12.9. The van der Waals surface area contributed by atoms with Crippen molar-refractivity contribution >= 4 is 17.9 Å². The Morgan fingerprint density at radius 2 is 0.733 bits per heavy atom. The van der Waals surface area contributed by atoms with E-state index in [4.69, 9.17) is 47.4 Å². The molecule has 3 aromatic carbocycles. The molecule has 332 valence electrons. The van der Waals surface area contributed by atoms with Crippen LogP contribution in [0, 0.1) is 20.8 Å². The summed E-state index contributed by atoms with van der Waals surface area (Å²) in [6.07, 6.45) is 4.02. The Kier molecular flexibility index (Phi) is 23.1. The highest BCUT2D eigenvalue weighted by Gasteiger charge is 2.26. The highest BCUT2D eigenvalue weighted by molar-refractivity contribution is 5.89. The molecular formula is C47H66O13. The lowest BCUT2D eigenvalue weighted by Crippen LogP contribution is -2.17. The minimum atomic E-state index is -0.563. The number of carbonyl (C=O) groups is 3. The fourth-order valence-electron chi connectivity index (χ4n) is 6.28. The van der Waals surface area contributed by atoms with Crippen LogP contribution < -0.4 is 14.2 Å². The first-order valence-electron chi connectivity index (χ1n) is 21.1. The van der Waals surface area contributed by atoms with Crippen molar-refractivity contribution < 1.29 is 61.8 Å². The molecule has 0 bridgehead atoms. The molecule has 60 heavy (non-hydrogen) atoms. The molecule has 3 rings (SSSR count). The maximum absolute atomic E-state index is 12.9. The Labute approximate surface area is 356 Å². The molecule has 0 aliphatic rings. The quantitative estimate of drug-likeness (QED) is 0.0360. The van der Waals surface area contributed by atoms with Crippen LogP contribution in [0.1, 0.15) is 88.1 Å². The largest absolute Gasteiger partial charge is 0.481 e. The van der Waals surface area contributed by atoms with E-state index in [9.17, 15) is 14.4 Å². The molecular weight excluding hydrogens is 773 g/mol. The predicted molar refractivity (Wildman–Crippen MR) is 229 cm³/mol. The van der Waals surface area contributed by atoms with Crippen LogP contribution in [0.5, 0.6) is 17.2 Å². The molecule has 0 aliphatic carbocycles. The molecule has 0 fully saturated rings. The Balaban J connectivity index is 2.27. The van der Waals surface area contributed by atoms with E-state index in [2.05, 4.69) is 13.8 Å². The Bertz CT molecular complexity index is 1670. The van der Waals surface area contributed by atoms with Gasteiger partial charge in [0.2, 0.25) is 0 Å². The van der Waals surface area contributed by atoms with Gasteiger partial charge >= 0.3 is 17.9 Å². The van der Waals surface area contributed by atoms with Crippen molar-refractivity contribution in [2.75, 3.05) is 79.3 Å². The van der Waals surface area contributed by atoms with Crippen LogP contribution >= 0.6 is 0 Å². The van der Waals surface area contributed by atoms with Crippen LogP contribution in [0.15, 0.2) is 36.4 Å². The third-order valence-corrected chi connectivity index (χ3v) is 8.90. The lowest BCUT2D eigenvalue weighted by molar-refractivity contribution is -0.146. The van der Waals surface area contributed by atoms with E-state index in [0.717, 1.165) is 42.4 Å². The van der Waals surface area contributed by atoms with Crippen molar-refractivity contribution in [1.82, 2.24) is 0 Å². The Morgan fingerprint density at radius 1 is 0.417 bits per heavy atom. The van der Waals surface area contributed by atoms with Crippen LogP contribution in [-0.4, -0.2) is 97.2 Å². The molecule has 3 aromatic rings. The molecule has 0 heterocycles. The number of carbonyl (C=O) groups excluding carboxylic acids is 3. The van der Waals surface area contributed by atoms with E-state index < -0.39 is 24.5 Å². The van der Waals surface area contributed by atoms with Gasteiger partial charge in [0.1, 0.15) is 17.2 Å². The molecule has 0 atom stereocenters. The van der Waals surface area contributed by atoms with Gasteiger partial charge in [-0.05, 0) is 95.3 Å². The first-order chi connectivity index (χ1) is 29.1. The number of benzene rings is 3. The van der Waals surface area contributed by atoms with Crippen LogP contribution in [0.25, 0.3) is 22.3 Å². The second-order valence-corrected chi connectivity index (χ2v) is 14.1. The van der Waals surface area contributed by atoms with Gasteiger partial charge in [-0.1, -0.05) is 38.8 Å². The second-order valence-electron chi connectivity index (χ2n) is 14.1. The van der Waals surface area contributed by atoms with E-state index in [-0.39, 0.29) is 46.2 Å². The van der Waals surface area contributed by atoms with Gasteiger partial charge in [-0.15, -0.1) is 0 Å². The zero-order valence-corrected chi connectivity index (χ0v) is 37.0. The number of aryl methyl sites for hydroxylation is 3. The number of ether oxygens (including phenoxy) is 10. The van der Waals surface area contributed by atoms with Gasteiger partial charge in [0.15, 0.2) is 19.8 Å². The lowest BCUT2D eigenvalue weighted by Gasteiger charge is -2.23. The SMILES string of the molecule is CCCCOCCOCc1cc(C)cc(-c2cc(C)cc(-c3cc(C)cc(COCCOCCCC)c3OCC(=O)OCC)c2OCC(=O)OCC)c1OCC(=O)OCC. The van der Waals surface area contributed by atoms with Gasteiger partial charge in [-0.25, -0.2) is 14.4 Å². The first-order valence-corrected chi connectivity index (χ1v) is 21.1. The van der Waals surface area contributed by atoms with Crippen molar-refractivity contribution in [3.8, 4) is 39.5 Å². The average molecular weight is 839 g/mol. The highest BCUT2D eigenvalue weighted by Crippen LogP contribution is 2.48. The maximum Gasteiger partial charge on any atom is 0.344 e. The molecule has 0 radical (unpaired) electrons. The minimum absolute atomic E-state index is 0.165. The minimum Gasteiger partial charge on any atom is -0.481 e. The summed E-state index contributed by atoms with van der Waals surface area (Å²) in [6, 6.07) is 11.6. The smallest absolute Gasteiger partial charge is 0.344 e. The fourth-order valence-corrected chi connectivity index (χ4v) is 6.28. The summed E-state index contributed by atoms with van der Waals surface area (Å²) >= 11 is 0. The molecule has 0 saturated carbocycles. The van der Waals surface area contributed by atoms with E-state index in [1.807, 2.05) is 57.2 Å². The summed E-state index contributed by atoms with van der Waals surface area (Å²) in [5.74, 6) is -0.540. The summed E-state index contributed by atoms with van der Waals surface area (Å²) in [6.45, 7) is 17.9. The van der Waals surface area contributed by atoms with Gasteiger partial charge in [-0.3, -0.25) is 0 Å². The molecule has 0 spiro atoms. The Morgan fingerprint density at radius 3 is 1.08 bits per heavy atom. The van der Waals surface area contributed by atoms with E-state index in [0.29, 0.717) is 90.3 Å². The lowest BCUT2D eigenvalue weighted by atomic mass is 9.90. The van der Waals surface area contributed by atoms with Crippen molar-refractivity contribution in [2.24, 2.45) is 0 Å². The third-order valence-electron chi connectivity index (χ3n) is 8.90. The number of esters is 3. The van der Waals surface area contributed by atoms with Crippen molar-refractivity contribution in [3.05, 3.63) is 64.2 Å². The molecule has 0 amide bonds. The normalized spacial score (nSPS) is 11.0. The van der Waals surface area contributed by atoms with Gasteiger partial charge in [0, 0.05) is 46.6 Å². The van der Waals surface area contributed by atoms with E-state index in [1.165, 1.54) is 0 Å². The summed E-state index contributed by atoms with van der Waals surface area (Å²) in [7, 11) is 0. The molecule has 0 N–H and O–H groups in total. The van der Waals surface area contributed by atoms with Gasteiger partial charge < -0.3 is 47.4 Å². The van der Waals surface area contributed by atoms with E-state index in [1.54, 1.807) is 20.8 Å². The zero-order valence-electron chi connectivity index (χ0n) is 37.0. The summed E-state index contributed by atoms with van der Waals surface area (Å²) in [5.41, 5.74) is 6.31.